The number of carboxylic acid groups (broad SMARTS) is 1. The predicted octanol–water partition coefficient (Wildman–Crippen LogP) is -0.593. The molecule has 1 aliphatic rings. The minimum atomic E-state index is -1.19. The number of nitrogens with zero attached hydrogens (tertiary/aromatic N) is 2. The first-order chi connectivity index (χ1) is 10.7. The Morgan fingerprint density at radius 2 is 2.00 bits per heavy atom. The van der Waals surface area contributed by atoms with Gasteiger partial charge in [0.25, 0.3) is 0 Å². The molecule has 116 valence electrons. The van der Waals surface area contributed by atoms with Gasteiger partial charge in [-0.05, 0) is 0 Å². The number of carbonyl (C=O) groups is 1. The molecule has 1 aromatic heterocycles. The highest BCUT2D eigenvalue weighted by Crippen LogP contribution is 2.12. The minimum absolute atomic E-state index is 0.0494. The highest BCUT2D eigenvalue weighted by atomic mass is 32.1. The van der Waals surface area contributed by atoms with E-state index in [1.807, 2.05) is 6.07 Å². The molecule has 2 aromatic rings. The molecule has 0 amide bonds. The Balaban J connectivity index is 1.48. The van der Waals surface area contributed by atoms with Crippen LogP contribution in [0.3, 0.4) is 0 Å². The van der Waals surface area contributed by atoms with Gasteiger partial charge in [0.1, 0.15) is 11.6 Å². The number of quaternary nitrogens is 1. The summed E-state index contributed by atoms with van der Waals surface area (Å²) in [5.41, 5.74) is 1.43. The van der Waals surface area contributed by atoms with Crippen LogP contribution in [0, 0.1) is 0 Å². The molecular weight excluding hydrogens is 298 g/mol. The molecule has 0 radical (unpaired) electrons. The smallest absolute Gasteiger partial charge is 0.107 e. The van der Waals surface area contributed by atoms with Crippen LogP contribution in [0.15, 0.2) is 35.7 Å². The Labute approximate surface area is 133 Å². The molecule has 22 heavy (non-hydrogen) atoms. The summed E-state index contributed by atoms with van der Waals surface area (Å²) < 4.78 is 0. The topological polar surface area (TPSA) is 60.7 Å². The van der Waals surface area contributed by atoms with Gasteiger partial charge in [0.15, 0.2) is 0 Å². The first kappa shape index (κ1) is 15.1. The molecule has 0 spiro atoms. The molecule has 0 saturated carbocycles. The normalized spacial score (nSPS) is 16.7. The largest absolute Gasteiger partial charge is 0.543 e. The summed E-state index contributed by atoms with van der Waals surface area (Å²) in [4.78, 5) is 18.8. The second kappa shape index (κ2) is 7.00. The summed E-state index contributed by atoms with van der Waals surface area (Å²) in [6.45, 7) is 6.04. The van der Waals surface area contributed by atoms with Crippen molar-refractivity contribution in [3.8, 4) is 0 Å². The highest BCUT2D eigenvalue weighted by Gasteiger charge is 2.20. The standard InChI is InChI=1S/C16H19N3O2S/c20-16(21)14-12-22-15(17-14)11-19-8-6-18(7-9-19)10-13-4-2-1-3-5-13/h1-5,12H,6-11H2,(H,20,21). The summed E-state index contributed by atoms with van der Waals surface area (Å²) in [5.74, 6) is -1.19. The molecule has 1 N–H and O–H groups in total. The summed E-state index contributed by atoms with van der Waals surface area (Å²) in [7, 11) is 0. The SMILES string of the molecule is O=C([O-])c1csc(CN2CC[NH+](Cc3ccccc3)CC2)n1. The van der Waals surface area contributed by atoms with Crippen molar-refractivity contribution in [3.63, 3.8) is 0 Å². The van der Waals surface area contributed by atoms with Crippen LogP contribution in [0.2, 0.25) is 0 Å². The van der Waals surface area contributed by atoms with E-state index >= 15 is 0 Å². The van der Waals surface area contributed by atoms with Crippen molar-refractivity contribution in [2.45, 2.75) is 13.1 Å². The van der Waals surface area contributed by atoms with Gasteiger partial charge in [0.05, 0.1) is 31.3 Å². The van der Waals surface area contributed by atoms with Crippen LogP contribution in [0.4, 0.5) is 0 Å². The monoisotopic (exact) mass is 317 g/mol. The zero-order valence-electron chi connectivity index (χ0n) is 12.3. The number of aromatic nitrogens is 1. The molecule has 1 aliphatic heterocycles. The third-order valence-corrected chi connectivity index (χ3v) is 4.81. The summed E-state index contributed by atoms with van der Waals surface area (Å²) >= 11 is 1.39. The fourth-order valence-corrected chi connectivity index (χ4v) is 3.56. The number of rotatable bonds is 5. The van der Waals surface area contributed by atoms with Crippen LogP contribution in [0.5, 0.6) is 0 Å². The van der Waals surface area contributed by atoms with Gasteiger partial charge in [-0.1, -0.05) is 30.3 Å². The van der Waals surface area contributed by atoms with Gasteiger partial charge < -0.3 is 14.8 Å². The maximum Gasteiger partial charge on any atom is 0.107 e. The van der Waals surface area contributed by atoms with E-state index in [-0.39, 0.29) is 5.69 Å². The lowest BCUT2D eigenvalue weighted by atomic mass is 10.2. The minimum Gasteiger partial charge on any atom is -0.543 e. The average molecular weight is 317 g/mol. The fourth-order valence-electron chi connectivity index (χ4n) is 2.76. The van der Waals surface area contributed by atoms with Gasteiger partial charge in [-0.25, -0.2) is 4.98 Å². The van der Waals surface area contributed by atoms with E-state index in [1.54, 1.807) is 10.3 Å². The quantitative estimate of drug-likeness (QED) is 0.801. The van der Waals surface area contributed by atoms with Gasteiger partial charge in [-0.2, -0.15) is 0 Å². The van der Waals surface area contributed by atoms with Crippen LogP contribution >= 0.6 is 11.3 Å². The van der Waals surface area contributed by atoms with Crippen LogP contribution in [-0.4, -0.2) is 42.0 Å². The van der Waals surface area contributed by atoms with Crippen molar-refractivity contribution in [3.05, 3.63) is 52.0 Å². The van der Waals surface area contributed by atoms with Gasteiger partial charge in [-0.15, -0.1) is 11.3 Å². The van der Waals surface area contributed by atoms with Crippen molar-refractivity contribution < 1.29 is 14.8 Å². The van der Waals surface area contributed by atoms with Gasteiger partial charge in [0, 0.05) is 24.0 Å². The molecule has 3 rings (SSSR count). The van der Waals surface area contributed by atoms with E-state index in [0.29, 0.717) is 0 Å². The number of hydrogen-bond donors (Lipinski definition) is 1. The van der Waals surface area contributed by atoms with E-state index in [2.05, 4.69) is 34.1 Å². The molecule has 1 fully saturated rings. The van der Waals surface area contributed by atoms with Gasteiger partial charge >= 0.3 is 0 Å². The van der Waals surface area contributed by atoms with E-state index < -0.39 is 5.97 Å². The number of aromatic carboxylic acids is 1. The predicted molar refractivity (Wildman–Crippen MR) is 82.6 cm³/mol. The molecular formula is C16H19N3O2S. The Morgan fingerprint density at radius 1 is 1.27 bits per heavy atom. The summed E-state index contributed by atoms with van der Waals surface area (Å²) in [5, 5.41) is 13.1. The second-order valence-corrected chi connectivity index (χ2v) is 6.55. The lowest BCUT2D eigenvalue weighted by Gasteiger charge is -2.31. The number of benzene rings is 1. The zero-order chi connectivity index (χ0) is 15.4. The number of piperazine rings is 1. The maximum absolute atomic E-state index is 10.7. The van der Waals surface area contributed by atoms with Crippen molar-refractivity contribution in [1.29, 1.82) is 0 Å². The lowest BCUT2D eigenvalue weighted by molar-refractivity contribution is -0.918. The molecule has 0 atom stereocenters. The molecule has 5 nitrogen and oxygen atoms in total. The number of carboxylic acids is 1. The van der Waals surface area contributed by atoms with Crippen molar-refractivity contribution >= 4 is 17.3 Å². The highest BCUT2D eigenvalue weighted by molar-refractivity contribution is 7.09. The van der Waals surface area contributed by atoms with Crippen LogP contribution in [0.1, 0.15) is 21.1 Å². The van der Waals surface area contributed by atoms with Crippen molar-refractivity contribution in [2.24, 2.45) is 0 Å². The molecule has 1 aromatic carbocycles. The van der Waals surface area contributed by atoms with Gasteiger partial charge in [-0.3, -0.25) is 4.90 Å². The van der Waals surface area contributed by atoms with E-state index in [0.717, 1.165) is 44.3 Å². The summed E-state index contributed by atoms with van der Waals surface area (Å²) in [6.07, 6.45) is 0. The first-order valence-corrected chi connectivity index (χ1v) is 8.34. The number of nitrogens with one attached hydrogen (secondary N) is 1. The van der Waals surface area contributed by atoms with Crippen molar-refractivity contribution in [1.82, 2.24) is 9.88 Å². The number of carbonyl (C=O) groups excluding carboxylic acids is 1. The third-order valence-electron chi connectivity index (χ3n) is 3.98. The Morgan fingerprint density at radius 3 is 2.64 bits per heavy atom. The molecule has 1 saturated heterocycles. The molecule has 0 bridgehead atoms. The lowest BCUT2D eigenvalue weighted by Crippen LogP contribution is -3.13. The molecule has 2 heterocycles. The zero-order valence-corrected chi connectivity index (χ0v) is 13.1. The average Bonchev–Trinajstić information content (AvgIpc) is 2.99. The Kier molecular flexibility index (Phi) is 4.82. The number of thiazole rings is 1. The third kappa shape index (κ3) is 3.91. The maximum atomic E-state index is 10.7. The summed E-state index contributed by atoms with van der Waals surface area (Å²) in [6, 6.07) is 10.6. The second-order valence-electron chi connectivity index (χ2n) is 5.60. The van der Waals surface area contributed by atoms with E-state index in [1.165, 1.54) is 16.9 Å². The fraction of sp³-hybridized carbons (Fsp3) is 0.375. The van der Waals surface area contributed by atoms with Crippen LogP contribution in [-0.2, 0) is 13.1 Å². The molecule has 6 heteroatoms. The van der Waals surface area contributed by atoms with Crippen LogP contribution < -0.4 is 10.0 Å². The first-order valence-electron chi connectivity index (χ1n) is 7.46. The number of hydrogen-bond acceptors (Lipinski definition) is 5. The Bertz CT molecular complexity index is 621. The van der Waals surface area contributed by atoms with Crippen molar-refractivity contribution in [2.75, 3.05) is 26.2 Å². The van der Waals surface area contributed by atoms with Crippen LogP contribution in [0.25, 0.3) is 0 Å². The van der Waals surface area contributed by atoms with E-state index in [9.17, 15) is 9.90 Å². The van der Waals surface area contributed by atoms with E-state index in [4.69, 9.17) is 0 Å². The van der Waals surface area contributed by atoms with Gasteiger partial charge in [0.2, 0.25) is 0 Å². The Hall–Kier alpha value is -1.76. The molecule has 0 unspecified atom stereocenters. The molecule has 0 aliphatic carbocycles.